The normalized spacial score (nSPS) is 18.9. The minimum atomic E-state index is -5.31. The van der Waals surface area contributed by atoms with Crippen molar-refractivity contribution in [2.45, 2.75) is 25.7 Å². The Labute approximate surface area is 169 Å². The number of nitrogens with one attached hydrogen (secondary N) is 2. The average Bonchev–Trinajstić information content (AvgIpc) is 2.94. The van der Waals surface area contributed by atoms with Gasteiger partial charge in [0.05, 0.1) is 18.4 Å². The molecule has 1 aliphatic rings. The van der Waals surface area contributed by atoms with E-state index in [1.807, 2.05) is 0 Å². The Hall–Kier alpha value is -3.56. The number of carbonyl (C=O) groups is 3. The molecule has 1 atom stereocenters. The number of aryl methyl sites for hydroxylation is 2. The lowest BCUT2D eigenvalue weighted by molar-refractivity contribution is -0.197. The standard InChI is InChI=1S/C20H18F3N3O4/c1-11-8-9-13(10-12(11)2)26-17(28)19(20(21,22)23,25-18(26)29)24-16(27)14-6-4-5-7-15(14)30-3/h4-10H,1-3H3,(H,24,27)(H,25,29)/t19-/m1/s1. The van der Waals surface area contributed by atoms with Gasteiger partial charge in [-0.2, -0.15) is 13.2 Å². The quantitative estimate of drug-likeness (QED) is 0.743. The van der Waals surface area contributed by atoms with Crippen LogP contribution in [0.4, 0.5) is 23.7 Å². The van der Waals surface area contributed by atoms with Crippen molar-refractivity contribution in [3.8, 4) is 5.75 Å². The first-order valence-electron chi connectivity index (χ1n) is 8.78. The molecule has 3 rings (SSSR count). The smallest absolute Gasteiger partial charge is 0.440 e. The van der Waals surface area contributed by atoms with Crippen LogP contribution >= 0.6 is 0 Å². The third-order valence-corrected chi connectivity index (χ3v) is 4.85. The van der Waals surface area contributed by atoms with Gasteiger partial charge in [-0.15, -0.1) is 0 Å². The summed E-state index contributed by atoms with van der Waals surface area (Å²) < 4.78 is 47.1. The first-order valence-corrected chi connectivity index (χ1v) is 8.78. The van der Waals surface area contributed by atoms with Gasteiger partial charge in [0.2, 0.25) is 0 Å². The number of alkyl halides is 3. The molecule has 10 heteroatoms. The number of para-hydroxylation sites is 1. The van der Waals surface area contributed by atoms with Gasteiger partial charge in [0, 0.05) is 0 Å². The first kappa shape index (κ1) is 21.2. The molecular weight excluding hydrogens is 403 g/mol. The Bertz CT molecular complexity index is 1040. The zero-order valence-corrected chi connectivity index (χ0v) is 16.3. The molecule has 4 amide bonds. The summed E-state index contributed by atoms with van der Waals surface area (Å²) in [6, 6.07) is 8.61. The van der Waals surface area contributed by atoms with Crippen LogP contribution in [0.2, 0.25) is 0 Å². The summed E-state index contributed by atoms with van der Waals surface area (Å²) in [5, 5.41) is 3.28. The highest BCUT2D eigenvalue weighted by Crippen LogP contribution is 2.36. The van der Waals surface area contributed by atoms with E-state index >= 15 is 0 Å². The van der Waals surface area contributed by atoms with E-state index in [9.17, 15) is 27.6 Å². The molecule has 0 aliphatic carbocycles. The van der Waals surface area contributed by atoms with Gasteiger partial charge >= 0.3 is 12.2 Å². The number of carbonyl (C=O) groups excluding carboxylic acids is 3. The van der Waals surface area contributed by atoms with Gasteiger partial charge in [-0.3, -0.25) is 14.9 Å². The number of hydrogen-bond acceptors (Lipinski definition) is 4. The van der Waals surface area contributed by atoms with E-state index in [0.717, 1.165) is 5.56 Å². The van der Waals surface area contributed by atoms with Crippen molar-refractivity contribution >= 4 is 23.5 Å². The van der Waals surface area contributed by atoms with Crippen LogP contribution in [0, 0.1) is 13.8 Å². The van der Waals surface area contributed by atoms with Crippen molar-refractivity contribution in [2.24, 2.45) is 0 Å². The van der Waals surface area contributed by atoms with Crippen LogP contribution in [0.25, 0.3) is 0 Å². The predicted molar refractivity (Wildman–Crippen MR) is 101 cm³/mol. The summed E-state index contributed by atoms with van der Waals surface area (Å²) in [7, 11) is 1.25. The minimum absolute atomic E-state index is 0.00936. The number of benzene rings is 2. The summed E-state index contributed by atoms with van der Waals surface area (Å²) in [5.74, 6) is -2.89. The van der Waals surface area contributed by atoms with Gasteiger partial charge in [-0.25, -0.2) is 9.69 Å². The van der Waals surface area contributed by atoms with Gasteiger partial charge in [-0.05, 0) is 49.2 Å². The molecule has 0 saturated carbocycles. The SMILES string of the molecule is COc1ccccc1C(=O)N[C@@]1(C(F)(F)F)NC(=O)N(c2ccc(C)c(C)c2)C1=O. The Kier molecular flexibility index (Phi) is 5.19. The van der Waals surface area contributed by atoms with E-state index in [0.29, 0.717) is 10.5 Å². The summed E-state index contributed by atoms with van der Waals surface area (Å²) in [4.78, 5) is 38.3. The fourth-order valence-electron chi connectivity index (χ4n) is 3.05. The first-order chi connectivity index (χ1) is 14.0. The number of rotatable bonds is 4. The number of urea groups is 1. The average molecular weight is 421 g/mol. The third kappa shape index (κ3) is 3.34. The van der Waals surface area contributed by atoms with Gasteiger partial charge in [0.15, 0.2) is 0 Å². The van der Waals surface area contributed by atoms with Crippen LogP contribution in [-0.2, 0) is 4.79 Å². The van der Waals surface area contributed by atoms with Crippen molar-refractivity contribution in [3.63, 3.8) is 0 Å². The molecule has 1 aliphatic heterocycles. The summed E-state index contributed by atoms with van der Waals surface area (Å²) >= 11 is 0. The number of amides is 4. The lowest BCUT2D eigenvalue weighted by atomic mass is 10.1. The highest BCUT2D eigenvalue weighted by molar-refractivity contribution is 6.24. The maximum Gasteiger partial charge on any atom is 0.440 e. The molecule has 0 spiro atoms. The minimum Gasteiger partial charge on any atom is -0.496 e. The number of nitrogens with zero attached hydrogens (tertiary/aromatic N) is 1. The molecule has 1 saturated heterocycles. The monoisotopic (exact) mass is 421 g/mol. The second kappa shape index (κ2) is 7.36. The van der Waals surface area contributed by atoms with E-state index in [1.54, 1.807) is 30.5 Å². The predicted octanol–water partition coefficient (Wildman–Crippen LogP) is 3.06. The van der Waals surface area contributed by atoms with E-state index in [4.69, 9.17) is 4.74 Å². The maximum atomic E-state index is 14.0. The van der Waals surface area contributed by atoms with E-state index in [-0.39, 0.29) is 17.0 Å². The topological polar surface area (TPSA) is 87.7 Å². The Morgan fingerprint density at radius 2 is 1.77 bits per heavy atom. The highest BCUT2D eigenvalue weighted by atomic mass is 19.4. The maximum absolute atomic E-state index is 14.0. The van der Waals surface area contributed by atoms with Crippen LogP contribution in [0.15, 0.2) is 42.5 Å². The molecule has 0 bridgehead atoms. The molecular formula is C20H18F3N3O4. The van der Waals surface area contributed by atoms with Crippen molar-refractivity contribution in [3.05, 3.63) is 59.2 Å². The van der Waals surface area contributed by atoms with Gasteiger partial charge in [0.1, 0.15) is 5.75 Å². The van der Waals surface area contributed by atoms with E-state index in [1.165, 1.54) is 43.5 Å². The second-order valence-electron chi connectivity index (χ2n) is 6.74. The van der Waals surface area contributed by atoms with Crippen molar-refractivity contribution in [1.29, 1.82) is 0 Å². The number of hydrogen-bond donors (Lipinski definition) is 2. The van der Waals surface area contributed by atoms with Gasteiger partial charge < -0.3 is 10.1 Å². The van der Waals surface area contributed by atoms with Crippen molar-refractivity contribution in [1.82, 2.24) is 10.6 Å². The molecule has 0 radical (unpaired) electrons. The molecule has 7 nitrogen and oxygen atoms in total. The van der Waals surface area contributed by atoms with Crippen LogP contribution < -0.4 is 20.3 Å². The zero-order chi connectivity index (χ0) is 22.3. The highest BCUT2D eigenvalue weighted by Gasteiger charge is 2.69. The summed E-state index contributed by atoms with van der Waals surface area (Å²) in [6.07, 6.45) is -5.31. The molecule has 1 heterocycles. The molecule has 2 N–H and O–H groups in total. The van der Waals surface area contributed by atoms with Crippen molar-refractivity contribution < 1.29 is 32.3 Å². The van der Waals surface area contributed by atoms with E-state index < -0.39 is 29.7 Å². The molecule has 0 unspecified atom stereocenters. The summed E-state index contributed by atoms with van der Waals surface area (Å²) in [5.41, 5.74) is -2.39. The molecule has 0 aromatic heterocycles. The fraction of sp³-hybridized carbons (Fsp3) is 0.250. The van der Waals surface area contributed by atoms with Gasteiger partial charge in [-0.1, -0.05) is 18.2 Å². The summed E-state index contributed by atoms with van der Waals surface area (Å²) in [6.45, 7) is 3.47. The number of imide groups is 1. The zero-order valence-electron chi connectivity index (χ0n) is 16.3. The van der Waals surface area contributed by atoms with Crippen LogP contribution in [-0.4, -0.2) is 36.8 Å². The van der Waals surface area contributed by atoms with Crippen LogP contribution in [0.1, 0.15) is 21.5 Å². The Morgan fingerprint density at radius 3 is 2.37 bits per heavy atom. The van der Waals surface area contributed by atoms with Crippen LogP contribution in [0.3, 0.4) is 0 Å². The molecule has 158 valence electrons. The second-order valence-corrected chi connectivity index (χ2v) is 6.74. The molecule has 2 aromatic carbocycles. The lowest BCUT2D eigenvalue weighted by Gasteiger charge is -2.30. The van der Waals surface area contributed by atoms with E-state index in [2.05, 4.69) is 0 Å². The largest absolute Gasteiger partial charge is 0.496 e. The number of anilines is 1. The number of methoxy groups -OCH3 is 1. The van der Waals surface area contributed by atoms with Gasteiger partial charge in [0.25, 0.3) is 17.5 Å². The lowest BCUT2D eigenvalue weighted by Crippen LogP contribution is -2.69. The third-order valence-electron chi connectivity index (χ3n) is 4.85. The molecule has 1 fully saturated rings. The van der Waals surface area contributed by atoms with Crippen LogP contribution in [0.5, 0.6) is 5.75 Å². The van der Waals surface area contributed by atoms with Crippen molar-refractivity contribution in [2.75, 3.05) is 12.0 Å². The fourth-order valence-corrected chi connectivity index (χ4v) is 3.05. The number of halogens is 3. The Morgan fingerprint density at radius 1 is 1.10 bits per heavy atom. The molecule has 2 aromatic rings. The number of ether oxygens (including phenoxy) is 1. The Balaban J connectivity index is 2.04. The molecule has 30 heavy (non-hydrogen) atoms.